The van der Waals surface area contributed by atoms with Crippen LogP contribution < -0.4 is 16.0 Å². The Morgan fingerprint density at radius 3 is 2.86 bits per heavy atom. The summed E-state index contributed by atoms with van der Waals surface area (Å²) in [6, 6.07) is 5.17. The van der Waals surface area contributed by atoms with Crippen molar-refractivity contribution < 1.29 is 9.47 Å². The Hall–Kier alpha value is -3.04. The third-order valence-corrected chi connectivity index (χ3v) is 5.17. The Balaban J connectivity index is 1.98. The van der Waals surface area contributed by atoms with Gasteiger partial charge in [-0.2, -0.15) is 4.98 Å². The zero-order valence-electron chi connectivity index (χ0n) is 16.8. The lowest BCUT2D eigenvalue weighted by molar-refractivity contribution is 0.124. The number of methoxy groups -OCH3 is 1. The maximum absolute atomic E-state index is 13.6. The van der Waals surface area contributed by atoms with Crippen LogP contribution in [0.5, 0.6) is 5.88 Å². The first kappa shape index (κ1) is 19.3. The van der Waals surface area contributed by atoms with Gasteiger partial charge in [-0.3, -0.25) is 9.36 Å². The topological polar surface area (TPSA) is 108 Å². The molecule has 3 aromatic heterocycles. The molecule has 1 saturated heterocycles. The molecule has 152 valence electrons. The van der Waals surface area contributed by atoms with E-state index < -0.39 is 0 Å². The summed E-state index contributed by atoms with van der Waals surface area (Å²) < 4.78 is 12.6. The quantitative estimate of drug-likeness (QED) is 0.705. The first-order chi connectivity index (χ1) is 14.0. The highest BCUT2D eigenvalue weighted by atomic mass is 16.5. The van der Waals surface area contributed by atoms with E-state index in [9.17, 15) is 4.79 Å². The molecule has 4 heterocycles. The van der Waals surface area contributed by atoms with Crippen LogP contribution in [0.3, 0.4) is 0 Å². The molecule has 1 unspecified atom stereocenters. The molecule has 2 N–H and O–H groups in total. The molecule has 0 radical (unpaired) electrons. The second-order valence-corrected chi connectivity index (χ2v) is 7.22. The van der Waals surface area contributed by atoms with E-state index in [4.69, 9.17) is 15.2 Å². The van der Waals surface area contributed by atoms with Crippen molar-refractivity contribution in [3.63, 3.8) is 0 Å². The molecule has 1 aliphatic rings. The lowest BCUT2D eigenvalue weighted by Crippen LogP contribution is -2.35. The number of hydrogen-bond donors (Lipinski definition) is 1. The number of likely N-dealkylation sites (N-methyl/N-ethyl adjacent to an activating group) is 1. The van der Waals surface area contributed by atoms with Gasteiger partial charge in [-0.05, 0) is 26.1 Å². The molecule has 0 bridgehead atoms. The van der Waals surface area contributed by atoms with E-state index in [1.807, 2.05) is 26.1 Å². The first-order valence-corrected chi connectivity index (χ1v) is 9.44. The van der Waals surface area contributed by atoms with Crippen molar-refractivity contribution in [3.8, 4) is 17.0 Å². The number of hydrogen-bond acceptors (Lipinski definition) is 8. The Morgan fingerprint density at radius 2 is 2.14 bits per heavy atom. The normalized spacial score (nSPS) is 18.0. The summed E-state index contributed by atoms with van der Waals surface area (Å²) in [5.41, 5.74) is 8.21. The molecule has 0 spiro atoms. The smallest absolute Gasteiger partial charge is 0.260 e. The fraction of sp³-hybridized carbons (Fsp3) is 0.400. The lowest BCUT2D eigenvalue weighted by Gasteiger charge is -2.23. The molecule has 0 aliphatic carbocycles. The maximum atomic E-state index is 13.6. The van der Waals surface area contributed by atoms with Gasteiger partial charge in [0, 0.05) is 41.9 Å². The molecule has 9 heteroatoms. The number of nitrogens with two attached hydrogens (primary N) is 1. The summed E-state index contributed by atoms with van der Waals surface area (Å²) in [5, 5.41) is 0.775. The van der Waals surface area contributed by atoms with Gasteiger partial charge in [-0.1, -0.05) is 0 Å². The molecule has 0 aromatic carbocycles. The lowest BCUT2D eigenvalue weighted by atomic mass is 10.1. The van der Waals surface area contributed by atoms with Crippen LogP contribution in [0.2, 0.25) is 0 Å². The SMILES string of the molecule is COc1ccc(-c2cc3c(C)nc(N)nc3n(C3COCCN(C)C3)c2=O)cn1. The third kappa shape index (κ3) is 3.66. The first-order valence-electron chi connectivity index (χ1n) is 9.44. The second-order valence-electron chi connectivity index (χ2n) is 7.22. The van der Waals surface area contributed by atoms with Crippen LogP contribution in [0.4, 0.5) is 5.95 Å². The number of rotatable bonds is 3. The van der Waals surface area contributed by atoms with E-state index in [0.717, 1.165) is 11.9 Å². The number of pyridine rings is 2. The van der Waals surface area contributed by atoms with Crippen LogP contribution >= 0.6 is 0 Å². The Bertz CT molecular complexity index is 1100. The van der Waals surface area contributed by atoms with E-state index in [1.54, 1.807) is 23.9 Å². The number of ether oxygens (including phenoxy) is 2. The summed E-state index contributed by atoms with van der Waals surface area (Å²) in [7, 11) is 3.57. The number of fused-ring (bicyclic) bond motifs is 1. The maximum Gasteiger partial charge on any atom is 0.260 e. The van der Waals surface area contributed by atoms with Crippen molar-refractivity contribution in [3.05, 3.63) is 40.4 Å². The van der Waals surface area contributed by atoms with Gasteiger partial charge in [-0.25, -0.2) is 9.97 Å². The van der Waals surface area contributed by atoms with Crippen LogP contribution in [0.25, 0.3) is 22.2 Å². The van der Waals surface area contributed by atoms with Crippen molar-refractivity contribution in [2.45, 2.75) is 13.0 Å². The summed E-state index contributed by atoms with van der Waals surface area (Å²) in [5.74, 6) is 0.630. The molecule has 9 nitrogen and oxygen atoms in total. The molecule has 0 amide bonds. The predicted molar refractivity (Wildman–Crippen MR) is 110 cm³/mol. The van der Waals surface area contributed by atoms with Crippen molar-refractivity contribution in [2.75, 3.05) is 46.2 Å². The summed E-state index contributed by atoms with van der Waals surface area (Å²) >= 11 is 0. The fourth-order valence-electron chi connectivity index (χ4n) is 3.68. The number of anilines is 1. The van der Waals surface area contributed by atoms with Gasteiger partial charge in [-0.15, -0.1) is 0 Å². The summed E-state index contributed by atoms with van der Waals surface area (Å²) in [6.45, 7) is 4.38. The largest absolute Gasteiger partial charge is 0.481 e. The van der Waals surface area contributed by atoms with Gasteiger partial charge in [0.15, 0.2) is 0 Å². The minimum atomic E-state index is -0.197. The third-order valence-electron chi connectivity index (χ3n) is 5.17. The van der Waals surface area contributed by atoms with Gasteiger partial charge in [0.05, 0.1) is 32.1 Å². The van der Waals surface area contributed by atoms with Gasteiger partial charge >= 0.3 is 0 Å². The number of nitrogens with zero attached hydrogens (tertiary/aromatic N) is 5. The Labute approximate surface area is 168 Å². The van der Waals surface area contributed by atoms with Crippen molar-refractivity contribution in [1.82, 2.24) is 24.4 Å². The molecule has 1 aliphatic heterocycles. The summed E-state index contributed by atoms with van der Waals surface area (Å²) in [4.78, 5) is 28.7. The molecule has 3 aromatic rings. The minimum absolute atomic E-state index is 0.143. The van der Waals surface area contributed by atoms with Gasteiger partial charge in [0.2, 0.25) is 11.8 Å². The average molecular weight is 396 g/mol. The van der Waals surface area contributed by atoms with Gasteiger partial charge in [0.1, 0.15) is 5.65 Å². The standard InChI is InChI=1S/C20H24N6O3/c1-12-15-8-16(13-4-5-17(28-3)22-9-13)19(27)26(18(15)24-20(21)23-12)14-10-25(2)6-7-29-11-14/h4-5,8-9,14H,6-7,10-11H2,1-3H3,(H2,21,23,24). The predicted octanol–water partition coefficient (Wildman–Crippen LogP) is 1.26. The highest BCUT2D eigenvalue weighted by Gasteiger charge is 2.24. The highest BCUT2D eigenvalue weighted by Crippen LogP contribution is 2.26. The monoisotopic (exact) mass is 396 g/mol. The van der Waals surface area contributed by atoms with Crippen molar-refractivity contribution >= 4 is 17.0 Å². The van der Waals surface area contributed by atoms with E-state index >= 15 is 0 Å². The second kappa shape index (κ2) is 7.76. The molecular formula is C20H24N6O3. The summed E-state index contributed by atoms with van der Waals surface area (Å²) in [6.07, 6.45) is 1.63. The van der Waals surface area contributed by atoms with Crippen molar-refractivity contribution in [1.29, 1.82) is 0 Å². The molecule has 1 fully saturated rings. The zero-order chi connectivity index (χ0) is 20.5. The zero-order valence-corrected chi connectivity index (χ0v) is 16.8. The van der Waals surface area contributed by atoms with Crippen molar-refractivity contribution in [2.24, 2.45) is 0 Å². The van der Waals surface area contributed by atoms with Crippen LogP contribution in [0.1, 0.15) is 11.7 Å². The van der Waals surface area contributed by atoms with Gasteiger partial charge < -0.3 is 20.1 Å². The van der Waals surface area contributed by atoms with E-state index in [0.29, 0.717) is 48.1 Å². The van der Waals surface area contributed by atoms with Crippen LogP contribution in [-0.2, 0) is 4.74 Å². The fourth-order valence-corrected chi connectivity index (χ4v) is 3.68. The number of aromatic nitrogens is 4. The number of nitrogen functional groups attached to an aromatic ring is 1. The molecule has 1 atom stereocenters. The van der Waals surface area contributed by atoms with E-state index in [2.05, 4.69) is 19.9 Å². The molecule has 4 rings (SSSR count). The Morgan fingerprint density at radius 1 is 1.31 bits per heavy atom. The van der Waals surface area contributed by atoms with Gasteiger partial charge in [0.25, 0.3) is 5.56 Å². The van der Waals surface area contributed by atoms with Crippen LogP contribution in [-0.4, -0.2) is 64.9 Å². The molecular weight excluding hydrogens is 372 g/mol. The molecule has 0 saturated carbocycles. The minimum Gasteiger partial charge on any atom is -0.481 e. The van der Waals surface area contributed by atoms with Crippen LogP contribution in [0.15, 0.2) is 29.2 Å². The average Bonchev–Trinajstić information content (AvgIpc) is 2.92. The van der Waals surface area contributed by atoms with Crippen LogP contribution in [0, 0.1) is 6.92 Å². The van der Waals surface area contributed by atoms with E-state index in [1.165, 1.54) is 0 Å². The Kier molecular flexibility index (Phi) is 5.16. The van der Waals surface area contributed by atoms with E-state index in [-0.39, 0.29) is 17.5 Å². The molecule has 29 heavy (non-hydrogen) atoms. The number of aryl methyl sites for hydroxylation is 1. The highest BCUT2D eigenvalue weighted by molar-refractivity contribution is 5.84.